The molecule has 0 unspecified atom stereocenters. The van der Waals surface area contributed by atoms with E-state index in [-0.39, 0.29) is 0 Å². The Bertz CT molecular complexity index is 1850. The van der Waals surface area contributed by atoms with Gasteiger partial charge in [-0.05, 0) is 64.7 Å². The van der Waals surface area contributed by atoms with Crippen molar-refractivity contribution in [2.75, 3.05) is 5.32 Å². The molecule has 0 saturated heterocycles. The molecule has 0 spiro atoms. The second kappa shape index (κ2) is 9.42. The molecule has 2 nitrogen and oxygen atoms in total. The van der Waals surface area contributed by atoms with Gasteiger partial charge in [0.1, 0.15) is 0 Å². The lowest BCUT2D eigenvalue weighted by molar-refractivity contribution is 1.18. The van der Waals surface area contributed by atoms with Crippen molar-refractivity contribution in [3.63, 3.8) is 0 Å². The van der Waals surface area contributed by atoms with Crippen LogP contribution in [0.1, 0.15) is 0 Å². The molecule has 1 aromatic heterocycles. The first kappa shape index (κ1) is 22.1. The number of benzene rings is 6. The van der Waals surface area contributed by atoms with E-state index < -0.39 is 0 Å². The minimum atomic E-state index is 1.07. The monoisotopic (exact) mass is 486 g/mol. The summed E-state index contributed by atoms with van der Waals surface area (Å²) in [5, 5.41) is 6.17. The molecule has 0 aliphatic heterocycles. The van der Waals surface area contributed by atoms with Gasteiger partial charge < -0.3 is 9.88 Å². The molecule has 0 atom stereocenters. The third-order valence-electron chi connectivity index (χ3n) is 7.20. The summed E-state index contributed by atoms with van der Waals surface area (Å²) in [5.41, 5.74) is 10.6. The van der Waals surface area contributed by atoms with Crippen molar-refractivity contribution in [2.45, 2.75) is 0 Å². The highest BCUT2D eigenvalue weighted by molar-refractivity contribution is 6.15. The summed E-state index contributed by atoms with van der Waals surface area (Å²) in [4.78, 5) is 0. The molecule has 1 heterocycles. The molecule has 0 amide bonds. The minimum absolute atomic E-state index is 1.07. The van der Waals surface area contributed by atoms with E-state index in [1.807, 2.05) is 0 Å². The standard InChI is InChI=1S/C36H26N2/c1-3-10-26(11-4-1)27-18-20-28(21-19-27)29-22-24-30(25-23-29)37-33-15-9-17-35-36(33)32-14-7-8-16-34(32)38(35)31-12-5-2-6-13-31/h1-25,37H. The average molecular weight is 487 g/mol. The largest absolute Gasteiger partial charge is 0.355 e. The van der Waals surface area contributed by atoms with Gasteiger partial charge in [0.2, 0.25) is 0 Å². The fourth-order valence-corrected chi connectivity index (χ4v) is 5.37. The van der Waals surface area contributed by atoms with Crippen LogP contribution >= 0.6 is 0 Å². The van der Waals surface area contributed by atoms with Crippen molar-refractivity contribution < 1.29 is 0 Å². The normalized spacial score (nSPS) is 11.2. The SMILES string of the molecule is c1ccc(-c2ccc(-c3ccc(Nc4cccc5c4c4ccccc4n5-c4ccccc4)cc3)cc2)cc1. The quantitative estimate of drug-likeness (QED) is 0.256. The van der Waals surface area contributed by atoms with Crippen molar-refractivity contribution in [3.05, 3.63) is 152 Å². The summed E-state index contributed by atoms with van der Waals surface area (Å²) in [5.74, 6) is 0. The first-order chi connectivity index (χ1) is 18.8. The highest BCUT2D eigenvalue weighted by atomic mass is 15.0. The van der Waals surface area contributed by atoms with Gasteiger partial charge in [-0.1, -0.05) is 109 Å². The molecule has 38 heavy (non-hydrogen) atoms. The Kier molecular flexibility index (Phi) is 5.49. The van der Waals surface area contributed by atoms with Gasteiger partial charge in [-0.2, -0.15) is 0 Å². The first-order valence-electron chi connectivity index (χ1n) is 13.0. The predicted octanol–water partition coefficient (Wildman–Crippen LogP) is 9.86. The molecule has 6 aromatic carbocycles. The van der Waals surface area contributed by atoms with Crippen LogP contribution in [-0.4, -0.2) is 4.57 Å². The third kappa shape index (κ3) is 3.93. The van der Waals surface area contributed by atoms with Crippen LogP contribution in [0.25, 0.3) is 49.7 Å². The van der Waals surface area contributed by atoms with E-state index >= 15 is 0 Å². The molecule has 0 aliphatic rings. The number of fused-ring (bicyclic) bond motifs is 3. The highest BCUT2D eigenvalue weighted by Crippen LogP contribution is 2.37. The number of hydrogen-bond donors (Lipinski definition) is 1. The predicted molar refractivity (Wildman–Crippen MR) is 161 cm³/mol. The van der Waals surface area contributed by atoms with Crippen LogP contribution in [0.3, 0.4) is 0 Å². The summed E-state index contributed by atoms with van der Waals surface area (Å²) < 4.78 is 2.35. The third-order valence-corrected chi connectivity index (χ3v) is 7.20. The topological polar surface area (TPSA) is 17.0 Å². The Morgan fingerprint density at radius 1 is 0.395 bits per heavy atom. The fraction of sp³-hybridized carbons (Fsp3) is 0. The van der Waals surface area contributed by atoms with E-state index in [4.69, 9.17) is 0 Å². The Morgan fingerprint density at radius 2 is 0.921 bits per heavy atom. The molecule has 7 aromatic rings. The van der Waals surface area contributed by atoms with Crippen LogP contribution in [0, 0.1) is 0 Å². The van der Waals surface area contributed by atoms with Crippen LogP contribution in [0.2, 0.25) is 0 Å². The molecule has 0 aliphatic carbocycles. The summed E-state index contributed by atoms with van der Waals surface area (Å²) in [6.45, 7) is 0. The molecule has 0 bridgehead atoms. The fourth-order valence-electron chi connectivity index (χ4n) is 5.37. The number of nitrogens with zero attached hydrogens (tertiary/aromatic N) is 1. The Balaban J connectivity index is 1.22. The lowest BCUT2D eigenvalue weighted by Crippen LogP contribution is -1.94. The van der Waals surface area contributed by atoms with E-state index in [2.05, 4.69) is 162 Å². The second-order valence-corrected chi connectivity index (χ2v) is 9.53. The van der Waals surface area contributed by atoms with Crippen LogP contribution in [-0.2, 0) is 0 Å². The lowest BCUT2D eigenvalue weighted by atomic mass is 10.0. The maximum Gasteiger partial charge on any atom is 0.0562 e. The van der Waals surface area contributed by atoms with E-state index in [9.17, 15) is 0 Å². The van der Waals surface area contributed by atoms with Crippen molar-refractivity contribution in [3.8, 4) is 27.9 Å². The number of aromatic nitrogens is 1. The van der Waals surface area contributed by atoms with Gasteiger partial charge in [-0.25, -0.2) is 0 Å². The molecule has 7 rings (SSSR count). The van der Waals surface area contributed by atoms with Gasteiger partial charge in [0.15, 0.2) is 0 Å². The molecule has 0 saturated carbocycles. The van der Waals surface area contributed by atoms with Crippen LogP contribution < -0.4 is 5.32 Å². The number of anilines is 2. The molecular weight excluding hydrogens is 460 g/mol. The van der Waals surface area contributed by atoms with E-state index in [1.165, 1.54) is 49.7 Å². The van der Waals surface area contributed by atoms with Gasteiger partial charge in [-0.15, -0.1) is 0 Å². The van der Waals surface area contributed by atoms with Crippen LogP contribution in [0.5, 0.6) is 0 Å². The number of rotatable bonds is 5. The summed E-state index contributed by atoms with van der Waals surface area (Å²) >= 11 is 0. The van der Waals surface area contributed by atoms with Gasteiger partial charge in [0, 0.05) is 27.8 Å². The van der Waals surface area contributed by atoms with Crippen LogP contribution in [0.4, 0.5) is 11.4 Å². The number of para-hydroxylation sites is 2. The lowest BCUT2D eigenvalue weighted by Gasteiger charge is -2.11. The summed E-state index contributed by atoms with van der Waals surface area (Å²) in [6.07, 6.45) is 0. The van der Waals surface area contributed by atoms with E-state index in [0.29, 0.717) is 0 Å². The molecular formula is C36H26N2. The minimum Gasteiger partial charge on any atom is -0.355 e. The first-order valence-corrected chi connectivity index (χ1v) is 13.0. The zero-order valence-corrected chi connectivity index (χ0v) is 20.9. The average Bonchev–Trinajstić information content (AvgIpc) is 3.34. The van der Waals surface area contributed by atoms with Gasteiger partial charge in [0.25, 0.3) is 0 Å². The molecule has 0 radical (unpaired) electrons. The van der Waals surface area contributed by atoms with E-state index in [1.54, 1.807) is 0 Å². The van der Waals surface area contributed by atoms with E-state index in [0.717, 1.165) is 11.4 Å². The van der Waals surface area contributed by atoms with Crippen molar-refractivity contribution in [2.24, 2.45) is 0 Å². The van der Waals surface area contributed by atoms with Crippen molar-refractivity contribution >= 4 is 33.2 Å². The molecule has 0 fully saturated rings. The zero-order valence-electron chi connectivity index (χ0n) is 20.9. The maximum atomic E-state index is 3.70. The van der Waals surface area contributed by atoms with Crippen molar-refractivity contribution in [1.29, 1.82) is 0 Å². The Morgan fingerprint density at radius 3 is 1.61 bits per heavy atom. The van der Waals surface area contributed by atoms with Crippen LogP contribution in [0.15, 0.2) is 152 Å². The summed E-state index contributed by atoms with van der Waals surface area (Å²) in [7, 11) is 0. The maximum absolute atomic E-state index is 3.70. The number of hydrogen-bond acceptors (Lipinski definition) is 1. The van der Waals surface area contributed by atoms with Gasteiger partial charge in [-0.3, -0.25) is 0 Å². The Hall–Kier alpha value is -5.08. The highest BCUT2D eigenvalue weighted by Gasteiger charge is 2.15. The molecule has 2 heteroatoms. The molecule has 180 valence electrons. The van der Waals surface area contributed by atoms with Crippen molar-refractivity contribution in [1.82, 2.24) is 4.57 Å². The molecule has 1 N–H and O–H groups in total. The Labute approximate surface area is 222 Å². The van der Waals surface area contributed by atoms with Gasteiger partial charge >= 0.3 is 0 Å². The smallest absolute Gasteiger partial charge is 0.0562 e. The van der Waals surface area contributed by atoms with Gasteiger partial charge in [0.05, 0.1) is 11.0 Å². The zero-order chi connectivity index (χ0) is 25.3. The number of nitrogens with one attached hydrogen (secondary N) is 1. The second-order valence-electron chi connectivity index (χ2n) is 9.53. The summed E-state index contributed by atoms with van der Waals surface area (Å²) in [6, 6.07) is 53.7.